The van der Waals surface area contributed by atoms with Crippen LogP contribution in [0, 0.1) is 5.92 Å². The van der Waals surface area contributed by atoms with Crippen LogP contribution in [-0.4, -0.2) is 21.1 Å². The molecule has 4 nitrogen and oxygen atoms in total. The fourth-order valence-corrected chi connectivity index (χ4v) is 3.23. The molecule has 5 heteroatoms. The van der Waals surface area contributed by atoms with Gasteiger partial charge in [-0.2, -0.15) is 0 Å². The van der Waals surface area contributed by atoms with Crippen molar-refractivity contribution in [3.63, 3.8) is 0 Å². The molecule has 0 unspecified atom stereocenters. The van der Waals surface area contributed by atoms with Crippen LogP contribution in [0.25, 0.3) is 10.7 Å². The van der Waals surface area contributed by atoms with Gasteiger partial charge in [-0.15, -0.1) is 11.3 Å². The first-order valence-corrected chi connectivity index (χ1v) is 8.09. The highest BCUT2D eigenvalue weighted by atomic mass is 32.1. The molecule has 0 radical (unpaired) electrons. The predicted octanol–water partition coefficient (Wildman–Crippen LogP) is 3.24. The second-order valence-corrected chi connectivity index (χ2v) is 6.64. The standard InChI is InChI=1S/C15H24N4S/c1-5-6-16-9-14-12(7-11(2)3)18-15(20-14)13-8-17-10-19(13)4/h8,10-11,16H,5-7,9H2,1-4H3. The summed E-state index contributed by atoms with van der Waals surface area (Å²) in [6.45, 7) is 8.65. The Kier molecular flexibility index (Phi) is 5.31. The number of imidazole rings is 1. The summed E-state index contributed by atoms with van der Waals surface area (Å²) in [5.41, 5.74) is 2.34. The molecule has 0 bridgehead atoms. The van der Waals surface area contributed by atoms with Gasteiger partial charge in [-0.25, -0.2) is 9.97 Å². The van der Waals surface area contributed by atoms with Crippen LogP contribution in [-0.2, 0) is 20.0 Å². The highest BCUT2D eigenvalue weighted by molar-refractivity contribution is 7.15. The van der Waals surface area contributed by atoms with Crippen LogP contribution in [0.15, 0.2) is 12.5 Å². The smallest absolute Gasteiger partial charge is 0.142 e. The maximum Gasteiger partial charge on any atom is 0.142 e. The summed E-state index contributed by atoms with van der Waals surface area (Å²) in [6.07, 6.45) is 5.92. The molecule has 0 aliphatic heterocycles. The molecule has 0 aliphatic carbocycles. The van der Waals surface area contributed by atoms with Crippen LogP contribution in [0.5, 0.6) is 0 Å². The zero-order valence-electron chi connectivity index (χ0n) is 12.8. The van der Waals surface area contributed by atoms with Crippen molar-refractivity contribution in [2.45, 2.75) is 40.2 Å². The van der Waals surface area contributed by atoms with Crippen molar-refractivity contribution >= 4 is 11.3 Å². The Hall–Kier alpha value is -1.20. The van der Waals surface area contributed by atoms with E-state index >= 15 is 0 Å². The lowest BCUT2D eigenvalue weighted by atomic mass is 10.1. The van der Waals surface area contributed by atoms with Crippen molar-refractivity contribution < 1.29 is 0 Å². The van der Waals surface area contributed by atoms with E-state index in [1.165, 1.54) is 10.6 Å². The van der Waals surface area contributed by atoms with Gasteiger partial charge in [-0.05, 0) is 25.3 Å². The van der Waals surface area contributed by atoms with E-state index in [2.05, 4.69) is 31.1 Å². The SMILES string of the molecule is CCCNCc1sc(-c2cncn2C)nc1CC(C)C. The third-order valence-electron chi connectivity index (χ3n) is 3.13. The first-order valence-electron chi connectivity index (χ1n) is 7.27. The van der Waals surface area contributed by atoms with Gasteiger partial charge in [0, 0.05) is 18.5 Å². The molecule has 0 amide bonds. The van der Waals surface area contributed by atoms with Gasteiger partial charge >= 0.3 is 0 Å². The Morgan fingerprint density at radius 2 is 2.20 bits per heavy atom. The molecule has 0 fully saturated rings. The van der Waals surface area contributed by atoms with Gasteiger partial charge in [0.1, 0.15) is 5.01 Å². The van der Waals surface area contributed by atoms with E-state index in [1.807, 2.05) is 24.1 Å². The molecule has 2 rings (SSSR count). The van der Waals surface area contributed by atoms with Crippen molar-refractivity contribution in [2.75, 3.05) is 6.54 Å². The summed E-state index contributed by atoms with van der Waals surface area (Å²) in [6, 6.07) is 0. The summed E-state index contributed by atoms with van der Waals surface area (Å²) >= 11 is 1.79. The minimum absolute atomic E-state index is 0.626. The quantitative estimate of drug-likeness (QED) is 0.797. The van der Waals surface area contributed by atoms with Gasteiger partial charge in [-0.3, -0.25) is 0 Å². The van der Waals surface area contributed by atoms with Crippen molar-refractivity contribution in [3.8, 4) is 10.7 Å². The molecule has 0 aromatic carbocycles. The maximum absolute atomic E-state index is 4.85. The molecule has 0 saturated carbocycles. The van der Waals surface area contributed by atoms with E-state index in [9.17, 15) is 0 Å². The van der Waals surface area contributed by atoms with E-state index in [1.54, 1.807) is 11.3 Å². The van der Waals surface area contributed by atoms with Crippen LogP contribution in [0.3, 0.4) is 0 Å². The molecule has 0 spiro atoms. The lowest BCUT2D eigenvalue weighted by molar-refractivity contribution is 0.623. The molecule has 0 saturated heterocycles. The van der Waals surface area contributed by atoms with Gasteiger partial charge in [0.15, 0.2) is 0 Å². The van der Waals surface area contributed by atoms with E-state index < -0.39 is 0 Å². The molecular formula is C15H24N4S. The van der Waals surface area contributed by atoms with Gasteiger partial charge in [0.05, 0.1) is 23.9 Å². The normalized spacial score (nSPS) is 11.4. The fraction of sp³-hybridized carbons (Fsp3) is 0.600. The number of hydrogen-bond donors (Lipinski definition) is 1. The Morgan fingerprint density at radius 1 is 1.40 bits per heavy atom. The highest BCUT2D eigenvalue weighted by Crippen LogP contribution is 2.29. The first-order chi connectivity index (χ1) is 9.61. The average molecular weight is 292 g/mol. The monoisotopic (exact) mass is 292 g/mol. The molecule has 1 N–H and O–H groups in total. The van der Waals surface area contributed by atoms with E-state index in [4.69, 9.17) is 4.98 Å². The van der Waals surface area contributed by atoms with Crippen LogP contribution in [0.2, 0.25) is 0 Å². The fourth-order valence-electron chi connectivity index (χ4n) is 2.12. The zero-order valence-corrected chi connectivity index (χ0v) is 13.6. The Balaban J connectivity index is 2.24. The minimum atomic E-state index is 0.626. The van der Waals surface area contributed by atoms with Crippen LogP contribution >= 0.6 is 11.3 Å². The first kappa shape index (κ1) is 15.2. The second-order valence-electron chi connectivity index (χ2n) is 5.55. The molecule has 0 aliphatic rings. The summed E-state index contributed by atoms with van der Waals surface area (Å²) in [5, 5.41) is 4.56. The summed E-state index contributed by atoms with van der Waals surface area (Å²) in [5.74, 6) is 0.626. The number of hydrogen-bond acceptors (Lipinski definition) is 4. The van der Waals surface area contributed by atoms with Crippen molar-refractivity contribution in [2.24, 2.45) is 13.0 Å². The predicted molar refractivity (Wildman–Crippen MR) is 84.9 cm³/mol. The Labute approximate surface area is 125 Å². The Bertz CT molecular complexity index is 542. The minimum Gasteiger partial charge on any atom is -0.332 e. The Morgan fingerprint density at radius 3 is 2.80 bits per heavy atom. The van der Waals surface area contributed by atoms with Crippen molar-refractivity contribution in [3.05, 3.63) is 23.1 Å². The summed E-state index contributed by atoms with van der Waals surface area (Å²) in [4.78, 5) is 10.4. The van der Waals surface area contributed by atoms with Crippen LogP contribution < -0.4 is 5.32 Å². The van der Waals surface area contributed by atoms with E-state index in [-0.39, 0.29) is 0 Å². The lowest BCUT2D eigenvalue weighted by Crippen LogP contribution is -2.14. The zero-order chi connectivity index (χ0) is 14.5. The lowest BCUT2D eigenvalue weighted by Gasteiger charge is -2.05. The number of nitrogens with one attached hydrogen (secondary N) is 1. The van der Waals surface area contributed by atoms with Crippen LogP contribution in [0.1, 0.15) is 37.8 Å². The molecule has 2 aromatic heterocycles. The van der Waals surface area contributed by atoms with Gasteiger partial charge < -0.3 is 9.88 Å². The number of rotatable bonds is 7. The number of nitrogens with zero attached hydrogens (tertiary/aromatic N) is 3. The van der Waals surface area contributed by atoms with Crippen LogP contribution in [0.4, 0.5) is 0 Å². The molecule has 20 heavy (non-hydrogen) atoms. The largest absolute Gasteiger partial charge is 0.332 e. The van der Waals surface area contributed by atoms with Gasteiger partial charge in [0.25, 0.3) is 0 Å². The summed E-state index contributed by atoms with van der Waals surface area (Å²) in [7, 11) is 2.01. The van der Waals surface area contributed by atoms with Crippen molar-refractivity contribution in [1.82, 2.24) is 19.9 Å². The van der Waals surface area contributed by atoms with Gasteiger partial charge in [-0.1, -0.05) is 20.8 Å². The molecule has 0 atom stereocenters. The topological polar surface area (TPSA) is 42.7 Å². The number of aryl methyl sites for hydroxylation is 1. The van der Waals surface area contributed by atoms with E-state index in [0.29, 0.717) is 5.92 Å². The summed E-state index contributed by atoms with van der Waals surface area (Å²) < 4.78 is 2.03. The van der Waals surface area contributed by atoms with Gasteiger partial charge in [0.2, 0.25) is 0 Å². The average Bonchev–Trinajstić information content (AvgIpc) is 2.96. The third kappa shape index (κ3) is 3.67. The molecule has 110 valence electrons. The van der Waals surface area contributed by atoms with Crippen molar-refractivity contribution in [1.29, 1.82) is 0 Å². The number of aromatic nitrogens is 3. The third-order valence-corrected chi connectivity index (χ3v) is 4.25. The highest BCUT2D eigenvalue weighted by Gasteiger charge is 2.15. The maximum atomic E-state index is 4.85. The molecule has 2 aromatic rings. The number of thiazole rings is 1. The molecular weight excluding hydrogens is 268 g/mol. The second kappa shape index (κ2) is 6.99. The molecule has 2 heterocycles. The van der Waals surface area contributed by atoms with E-state index in [0.717, 1.165) is 36.6 Å².